The van der Waals surface area contributed by atoms with Gasteiger partial charge in [-0.2, -0.15) is 5.10 Å². The molecule has 0 unspecified atom stereocenters. The van der Waals surface area contributed by atoms with Gasteiger partial charge in [0, 0.05) is 3.57 Å². The number of halogens is 1. The zero-order valence-corrected chi connectivity index (χ0v) is 12.6. The molecule has 98 valence electrons. The van der Waals surface area contributed by atoms with Crippen LogP contribution in [0.1, 0.15) is 18.2 Å². The minimum atomic E-state index is -0.278. The van der Waals surface area contributed by atoms with Gasteiger partial charge in [-0.1, -0.05) is 12.1 Å². The number of hydrazone groups is 1. The molecule has 1 heterocycles. The molecule has 0 aliphatic carbocycles. The second-order valence-corrected chi connectivity index (χ2v) is 5.15. The van der Waals surface area contributed by atoms with Gasteiger partial charge in [0.1, 0.15) is 5.69 Å². The van der Waals surface area contributed by atoms with Gasteiger partial charge in [0.05, 0.1) is 5.71 Å². The van der Waals surface area contributed by atoms with Crippen molar-refractivity contribution in [3.8, 4) is 0 Å². The van der Waals surface area contributed by atoms with Crippen molar-refractivity contribution in [1.29, 1.82) is 0 Å². The average molecular weight is 369 g/mol. The van der Waals surface area contributed by atoms with Crippen LogP contribution >= 0.6 is 22.6 Å². The van der Waals surface area contributed by atoms with E-state index in [-0.39, 0.29) is 11.5 Å². The first-order chi connectivity index (χ1) is 9.06. The molecule has 6 nitrogen and oxygen atoms in total. The molecular weight excluding hydrogens is 357 g/mol. The van der Waals surface area contributed by atoms with Gasteiger partial charge >= 0.3 is 0 Å². The first-order valence-corrected chi connectivity index (χ1v) is 6.64. The van der Waals surface area contributed by atoms with E-state index >= 15 is 0 Å². The van der Waals surface area contributed by atoms with Crippen LogP contribution in [0.15, 0.2) is 34.2 Å². The van der Waals surface area contributed by atoms with Gasteiger partial charge in [0.25, 0.3) is 5.56 Å². The number of benzene rings is 1. The van der Waals surface area contributed by atoms with E-state index in [1.165, 1.54) is 0 Å². The Kier molecular flexibility index (Phi) is 4.25. The molecule has 0 aliphatic rings. The highest BCUT2D eigenvalue weighted by Crippen LogP contribution is 2.08. The van der Waals surface area contributed by atoms with Crippen molar-refractivity contribution in [2.75, 3.05) is 5.43 Å². The number of anilines is 1. The quantitative estimate of drug-likeness (QED) is 0.492. The summed E-state index contributed by atoms with van der Waals surface area (Å²) in [6.07, 6.45) is 0. The van der Waals surface area contributed by atoms with Gasteiger partial charge in [-0.05, 0) is 54.1 Å². The number of aromatic amines is 1. The molecule has 7 heteroatoms. The highest BCUT2D eigenvalue weighted by Gasteiger charge is 2.00. The molecule has 19 heavy (non-hydrogen) atoms. The van der Waals surface area contributed by atoms with Gasteiger partial charge < -0.3 is 0 Å². The topological polar surface area (TPSA) is 83.0 Å². The van der Waals surface area contributed by atoms with Crippen molar-refractivity contribution < 1.29 is 0 Å². The number of aryl methyl sites for hydroxylation is 1. The van der Waals surface area contributed by atoms with Crippen molar-refractivity contribution in [2.24, 2.45) is 5.10 Å². The summed E-state index contributed by atoms with van der Waals surface area (Å²) in [6.45, 7) is 3.46. The minimum absolute atomic E-state index is 0.223. The van der Waals surface area contributed by atoms with Crippen LogP contribution in [0.4, 0.5) is 5.95 Å². The van der Waals surface area contributed by atoms with Crippen LogP contribution in [0.25, 0.3) is 0 Å². The summed E-state index contributed by atoms with van der Waals surface area (Å²) in [6, 6.07) is 7.96. The predicted octanol–water partition coefficient (Wildman–Crippen LogP) is 1.91. The van der Waals surface area contributed by atoms with Gasteiger partial charge in [-0.3, -0.25) is 9.78 Å². The third kappa shape index (κ3) is 3.60. The molecular formula is C12H12IN5O. The second kappa shape index (κ2) is 5.91. The number of hydrogen-bond acceptors (Lipinski definition) is 5. The molecule has 2 N–H and O–H groups in total. The lowest BCUT2D eigenvalue weighted by atomic mass is 10.1. The fourth-order valence-electron chi connectivity index (χ4n) is 1.34. The molecule has 0 bridgehead atoms. The Morgan fingerprint density at radius 2 is 2.00 bits per heavy atom. The molecule has 0 saturated carbocycles. The van der Waals surface area contributed by atoms with Crippen LogP contribution < -0.4 is 11.0 Å². The van der Waals surface area contributed by atoms with Crippen LogP contribution in [-0.2, 0) is 0 Å². The summed E-state index contributed by atoms with van der Waals surface area (Å²) in [7, 11) is 0. The highest BCUT2D eigenvalue weighted by molar-refractivity contribution is 14.1. The van der Waals surface area contributed by atoms with E-state index in [0.29, 0.717) is 5.69 Å². The van der Waals surface area contributed by atoms with E-state index < -0.39 is 0 Å². The van der Waals surface area contributed by atoms with Crippen molar-refractivity contribution in [1.82, 2.24) is 15.2 Å². The van der Waals surface area contributed by atoms with Crippen molar-refractivity contribution in [2.45, 2.75) is 13.8 Å². The standard InChI is InChI=1S/C12H12IN5O/c1-7(9-3-5-10(13)6-4-9)15-17-12-14-11(19)8(2)16-18-12/h3-6H,1-2H3,(H2,14,17,18,19)/b15-7-. The maximum atomic E-state index is 11.3. The zero-order chi connectivity index (χ0) is 13.8. The molecule has 1 aromatic carbocycles. The predicted molar refractivity (Wildman–Crippen MR) is 82.4 cm³/mol. The van der Waals surface area contributed by atoms with E-state index in [2.05, 4.69) is 48.3 Å². The van der Waals surface area contributed by atoms with Crippen molar-refractivity contribution >= 4 is 34.3 Å². The largest absolute Gasteiger partial charge is 0.288 e. The van der Waals surface area contributed by atoms with E-state index in [1.807, 2.05) is 31.2 Å². The average Bonchev–Trinajstić information content (AvgIpc) is 2.40. The summed E-state index contributed by atoms with van der Waals surface area (Å²) in [5, 5.41) is 11.7. The van der Waals surface area contributed by atoms with Crippen LogP contribution in [0.3, 0.4) is 0 Å². The molecule has 0 aliphatic heterocycles. The fourth-order valence-corrected chi connectivity index (χ4v) is 1.70. The monoisotopic (exact) mass is 369 g/mol. The number of nitrogens with one attached hydrogen (secondary N) is 2. The number of H-pyrrole nitrogens is 1. The van der Waals surface area contributed by atoms with Crippen molar-refractivity contribution in [3.05, 3.63) is 49.4 Å². The molecule has 2 aromatic rings. The highest BCUT2D eigenvalue weighted by atomic mass is 127. The molecule has 0 atom stereocenters. The van der Waals surface area contributed by atoms with Crippen LogP contribution in [0.2, 0.25) is 0 Å². The lowest BCUT2D eigenvalue weighted by Gasteiger charge is -2.02. The third-order valence-electron chi connectivity index (χ3n) is 2.45. The number of aromatic nitrogens is 3. The molecule has 0 saturated heterocycles. The van der Waals surface area contributed by atoms with Crippen LogP contribution in [-0.4, -0.2) is 20.9 Å². The van der Waals surface area contributed by atoms with E-state index in [4.69, 9.17) is 0 Å². The Labute approximate surface area is 123 Å². The Bertz CT molecular complexity index is 663. The van der Waals surface area contributed by atoms with Crippen LogP contribution in [0.5, 0.6) is 0 Å². The molecule has 0 radical (unpaired) electrons. The summed E-state index contributed by atoms with van der Waals surface area (Å²) in [5.41, 5.74) is 4.51. The third-order valence-corrected chi connectivity index (χ3v) is 3.17. The van der Waals surface area contributed by atoms with Gasteiger partial charge in [-0.25, -0.2) is 5.43 Å². The normalized spacial score (nSPS) is 11.4. The maximum Gasteiger partial charge on any atom is 0.274 e. The van der Waals surface area contributed by atoms with Crippen molar-refractivity contribution in [3.63, 3.8) is 0 Å². The van der Waals surface area contributed by atoms with E-state index in [9.17, 15) is 4.79 Å². The minimum Gasteiger partial charge on any atom is -0.288 e. The first kappa shape index (κ1) is 13.7. The second-order valence-electron chi connectivity index (χ2n) is 3.90. The Morgan fingerprint density at radius 3 is 2.63 bits per heavy atom. The SMILES string of the molecule is C/C(=N/Nc1nnc(C)c(=O)[nH]1)c1ccc(I)cc1. The molecule has 1 aromatic heterocycles. The fraction of sp³-hybridized carbons (Fsp3) is 0.167. The Balaban J connectivity index is 2.15. The number of rotatable bonds is 3. The van der Waals surface area contributed by atoms with Gasteiger partial charge in [0.15, 0.2) is 0 Å². The maximum absolute atomic E-state index is 11.3. The molecule has 0 amide bonds. The van der Waals surface area contributed by atoms with Gasteiger partial charge in [-0.15, -0.1) is 10.2 Å². The van der Waals surface area contributed by atoms with E-state index in [1.54, 1.807) is 6.92 Å². The van der Waals surface area contributed by atoms with E-state index in [0.717, 1.165) is 14.8 Å². The van der Waals surface area contributed by atoms with Crippen LogP contribution in [0, 0.1) is 10.5 Å². The Hall–Kier alpha value is -1.77. The number of nitrogens with zero attached hydrogens (tertiary/aromatic N) is 3. The summed E-state index contributed by atoms with van der Waals surface area (Å²) < 4.78 is 1.16. The molecule has 0 fully saturated rings. The first-order valence-electron chi connectivity index (χ1n) is 5.56. The lowest BCUT2D eigenvalue weighted by Crippen LogP contribution is -2.16. The van der Waals surface area contributed by atoms with Gasteiger partial charge in [0.2, 0.25) is 5.95 Å². The molecule has 2 rings (SSSR count). The summed E-state index contributed by atoms with van der Waals surface area (Å²) >= 11 is 2.24. The summed E-state index contributed by atoms with van der Waals surface area (Å²) in [5.74, 6) is 0.223. The molecule has 0 spiro atoms. The number of hydrogen-bond donors (Lipinski definition) is 2. The summed E-state index contributed by atoms with van der Waals surface area (Å²) in [4.78, 5) is 13.9. The lowest BCUT2D eigenvalue weighted by molar-refractivity contribution is 0.897. The smallest absolute Gasteiger partial charge is 0.274 e. The Morgan fingerprint density at radius 1 is 1.32 bits per heavy atom. The zero-order valence-electron chi connectivity index (χ0n) is 10.4.